The van der Waals surface area contributed by atoms with Crippen molar-refractivity contribution in [1.82, 2.24) is 4.90 Å². The van der Waals surface area contributed by atoms with E-state index in [9.17, 15) is 0 Å². The van der Waals surface area contributed by atoms with Crippen molar-refractivity contribution < 1.29 is 4.74 Å². The summed E-state index contributed by atoms with van der Waals surface area (Å²) in [7, 11) is 0. The molecule has 70 valence electrons. The van der Waals surface area contributed by atoms with Gasteiger partial charge in [-0.2, -0.15) is 0 Å². The molecule has 0 aromatic rings. The number of hydrogen-bond donors (Lipinski definition) is 2. The summed E-state index contributed by atoms with van der Waals surface area (Å²) in [5.41, 5.74) is 5.31. The van der Waals surface area contributed by atoms with Crippen LogP contribution in [0, 0.1) is 5.41 Å². The number of morpholine rings is 1. The fraction of sp³-hybridized carbons (Fsp3) is 0.875. The van der Waals surface area contributed by atoms with Crippen molar-refractivity contribution in [2.24, 2.45) is 5.73 Å². The molecule has 1 aliphatic heterocycles. The molecule has 12 heavy (non-hydrogen) atoms. The molecular formula is C8H17N3O. The smallest absolute Gasteiger partial charge is 0.105 e. The molecule has 4 nitrogen and oxygen atoms in total. The fourth-order valence-corrected chi connectivity index (χ4v) is 1.65. The van der Waals surface area contributed by atoms with Gasteiger partial charge in [0, 0.05) is 13.1 Å². The van der Waals surface area contributed by atoms with Crippen molar-refractivity contribution in [1.29, 1.82) is 5.41 Å². The van der Waals surface area contributed by atoms with Crippen molar-refractivity contribution >= 4 is 5.84 Å². The largest absolute Gasteiger partial charge is 0.387 e. The minimum atomic E-state index is 0.233. The molecule has 0 amide bonds. The van der Waals surface area contributed by atoms with Crippen LogP contribution in [0.15, 0.2) is 0 Å². The third-order valence-corrected chi connectivity index (χ3v) is 1.89. The molecule has 1 heterocycles. The highest BCUT2D eigenvalue weighted by molar-refractivity contribution is 5.78. The van der Waals surface area contributed by atoms with E-state index in [0.717, 1.165) is 13.1 Å². The van der Waals surface area contributed by atoms with Crippen molar-refractivity contribution in [3.8, 4) is 0 Å². The lowest BCUT2D eigenvalue weighted by molar-refractivity contribution is -0.0635. The molecule has 1 fully saturated rings. The maximum Gasteiger partial charge on any atom is 0.105 e. The Balaban J connectivity index is 2.38. The molecule has 2 atom stereocenters. The van der Waals surface area contributed by atoms with Crippen LogP contribution in [0.4, 0.5) is 0 Å². The van der Waals surface area contributed by atoms with E-state index in [-0.39, 0.29) is 18.0 Å². The van der Waals surface area contributed by atoms with Crippen molar-refractivity contribution in [3.63, 3.8) is 0 Å². The number of amidine groups is 1. The van der Waals surface area contributed by atoms with Gasteiger partial charge in [0.2, 0.25) is 0 Å². The van der Waals surface area contributed by atoms with Gasteiger partial charge < -0.3 is 10.5 Å². The van der Waals surface area contributed by atoms with Crippen LogP contribution in [0.2, 0.25) is 0 Å². The molecule has 0 unspecified atom stereocenters. The molecule has 0 radical (unpaired) electrons. The van der Waals surface area contributed by atoms with E-state index < -0.39 is 0 Å². The first-order chi connectivity index (χ1) is 5.58. The summed E-state index contributed by atoms with van der Waals surface area (Å²) >= 11 is 0. The van der Waals surface area contributed by atoms with Gasteiger partial charge in [-0.3, -0.25) is 10.3 Å². The Kier molecular flexibility index (Phi) is 3.05. The van der Waals surface area contributed by atoms with Gasteiger partial charge in [-0.25, -0.2) is 0 Å². The normalized spacial score (nSPS) is 31.8. The Morgan fingerprint density at radius 3 is 2.42 bits per heavy atom. The molecule has 0 spiro atoms. The number of ether oxygens (including phenoxy) is 1. The summed E-state index contributed by atoms with van der Waals surface area (Å²) in [6.07, 6.45) is 0.515. The molecule has 0 bridgehead atoms. The summed E-state index contributed by atoms with van der Waals surface area (Å²) in [5.74, 6) is 0.233. The van der Waals surface area contributed by atoms with E-state index in [1.165, 1.54) is 0 Å². The zero-order valence-corrected chi connectivity index (χ0v) is 7.71. The van der Waals surface area contributed by atoms with Crippen LogP contribution < -0.4 is 5.73 Å². The average Bonchev–Trinajstić information content (AvgIpc) is 1.81. The van der Waals surface area contributed by atoms with Gasteiger partial charge in [-0.05, 0) is 13.8 Å². The first kappa shape index (κ1) is 9.48. The molecule has 4 heteroatoms. The summed E-state index contributed by atoms with van der Waals surface area (Å²) < 4.78 is 5.54. The van der Waals surface area contributed by atoms with Gasteiger partial charge in [-0.1, -0.05) is 0 Å². The standard InChI is InChI=1S/C8H17N3O/c1-6-3-11(5-8(9)10)4-7(2)12-6/h6-7H,3-5H2,1-2H3,(H3,9,10)/t6-,7+. The highest BCUT2D eigenvalue weighted by Gasteiger charge is 2.21. The van der Waals surface area contributed by atoms with Crippen LogP contribution in [0.25, 0.3) is 0 Å². The Hall–Kier alpha value is -0.610. The summed E-state index contributed by atoms with van der Waals surface area (Å²) in [4.78, 5) is 2.15. The zero-order valence-electron chi connectivity index (χ0n) is 7.71. The molecule has 1 rings (SSSR count). The van der Waals surface area contributed by atoms with Crippen LogP contribution in [-0.2, 0) is 4.74 Å². The number of hydrogen-bond acceptors (Lipinski definition) is 3. The minimum absolute atomic E-state index is 0.233. The number of nitrogens with one attached hydrogen (secondary N) is 1. The molecular weight excluding hydrogens is 154 g/mol. The average molecular weight is 171 g/mol. The SMILES string of the molecule is C[C@@H]1CN(CC(=N)N)C[C@H](C)O1. The third kappa shape index (κ3) is 2.79. The molecule has 0 aromatic heterocycles. The number of rotatable bonds is 2. The molecule has 1 saturated heterocycles. The maximum atomic E-state index is 7.16. The molecule has 0 aliphatic carbocycles. The Bertz CT molecular complexity index is 162. The summed E-state index contributed by atoms with van der Waals surface area (Å²) in [5, 5.41) is 7.16. The van der Waals surface area contributed by atoms with E-state index in [1.807, 2.05) is 13.8 Å². The zero-order chi connectivity index (χ0) is 9.14. The summed E-state index contributed by atoms with van der Waals surface area (Å²) in [6, 6.07) is 0. The van der Waals surface area contributed by atoms with E-state index in [4.69, 9.17) is 15.9 Å². The number of nitrogens with two attached hydrogens (primary N) is 1. The van der Waals surface area contributed by atoms with Gasteiger partial charge in [0.25, 0.3) is 0 Å². The van der Waals surface area contributed by atoms with Gasteiger partial charge in [0.1, 0.15) is 5.84 Å². The quantitative estimate of drug-likeness (QED) is 0.455. The molecule has 0 aromatic carbocycles. The van der Waals surface area contributed by atoms with Crippen LogP contribution in [0.3, 0.4) is 0 Å². The first-order valence-corrected chi connectivity index (χ1v) is 4.28. The van der Waals surface area contributed by atoms with E-state index in [2.05, 4.69) is 4.90 Å². The van der Waals surface area contributed by atoms with Gasteiger partial charge in [0.15, 0.2) is 0 Å². The Morgan fingerprint density at radius 2 is 2.00 bits per heavy atom. The lowest BCUT2D eigenvalue weighted by atomic mass is 10.2. The lowest BCUT2D eigenvalue weighted by Crippen LogP contribution is -2.48. The van der Waals surface area contributed by atoms with Crippen molar-refractivity contribution in [2.75, 3.05) is 19.6 Å². The highest BCUT2D eigenvalue weighted by atomic mass is 16.5. The Labute approximate surface area is 73.2 Å². The fourth-order valence-electron chi connectivity index (χ4n) is 1.65. The monoisotopic (exact) mass is 171 g/mol. The van der Waals surface area contributed by atoms with Gasteiger partial charge in [0.05, 0.1) is 18.8 Å². The van der Waals surface area contributed by atoms with E-state index >= 15 is 0 Å². The van der Waals surface area contributed by atoms with Crippen LogP contribution in [0.1, 0.15) is 13.8 Å². The molecule has 3 N–H and O–H groups in total. The predicted octanol–water partition coefficient (Wildman–Crippen LogP) is 0.0316. The van der Waals surface area contributed by atoms with Crippen LogP contribution in [0.5, 0.6) is 0 Å². The highest BCUT2D eigenvalue weighted by Crippen LogP contribution is 2.09. The topological polar surface area (TPSA) is 62.3 Å². The second kappa shape index (κ2) is 3.87. The van der Waals surface area contributed by atoms with Crippen LogP contribution >= 0.6 is 0 Å². The van der Waals surface area contributed by atoms with Crippen molar-refractivity contribution in [2.45, 2.75) is 26.1 Å². The lowest BCUT2D eigenvalue weighted by Gasteiger charge is -2.34. The molecule has 0 saturated carbocycles. The maximum absolute atomic E-state index is 7.16. The van der Waals surface area contributed by atoms with Gasteiger partial charge >= 0.3 is 0 Å². The molecule has 1 aliphatic rings. The van der Waals surface area contributed by atoms with Gasteiger partial charge in [-0.15, -0.1) is 0 Å². The Morgan fingerprint density at radius 1 is 1.50 bits per heavy atom. The van der Waals surface area contributed by atoms with E-state index in [1.54, 1.807) is 0 Å². The first-order valence-electron chi connectivity index (χ1n) is 4.28. The number of nitrogens with zero attached hydrogens (tertiary/aromatic N) is 1. The third-order valence-electron chi connectivity index (χ3n) is 1.89. The predicted molar refractivity (Wildman–Crippen MR) is 48.4 cm³/mol. The van der Waals surface area contributed by atoms with Crippen LogP contribution in [-0.4, -0.2) is 42.6 Å². The summed E-state index contributed by atoms with van der Waals surface area (Å²) in [6.45, 7) is 6.41. The van der Waals surface area contributed by atoms with Crippen molar-refractivity contribution in [3.05, 3.63) is 0 Å². The minimum Gasteiger partial charge on any atom is -0.387 e. The van der Waals surface area contributed by atoms with E-state index in [0.29, 0.717) is 6.54 Å². The second-order valence-corrected chi connectivity index (χ2v) is 3.48. The second-order valence-electron chi connectivity index (χ2n) is 3.48.